The number of hydrogen-bond acceptors (Lipinski definition) is 5. The van der Waals surface area contributed by atoms with Crippen LogP contribution in [0.25, 0.3) is 0 Å². The number of nitrogens with zero attached hydrogens (tertiary/aromatic N) is 1. The molecular weight excluding hydrogens is 404 g/mol. The average Bonchev–Trinajstić information content (AvgIpc) is 2.84. The van der Waals surface area contributed by atoms with Gasteiger partial charge in [0.15, 0.2) is 0 Å². The van der Waals surface area contributed by atoms with E-state index in [1.54, 1.807) is 7.11 Å². The van der Waals surface area contributed by atoms with Crippen LogP contribution in [0.3, 0.4) is 0 Å². The van der Waals surface area contributed by atoms with Gasteiger partial charge >= 0.3 is 0 Å². The molecule has 166 valence electrons. The lowest BCUT2D eigenvalue weighted by atomic mass is 10.0. The number of hydrogen-bond donors (Lipinski definition) is 1. The number of fused-ring (bicyclic) bond motifs is 1. The zero-order valence-corrected chi connectivity index (χ0v) is 18.2. The maximum absolute atomic E-state index is 13.2. The van der Waals surface area contributed by atoms with E-state index in [1.807, 2.05) is 83.8 Å². The van der Waals surface area contributed by atoms with Crippen molar-refractivity contribution in [3.63, 3.8) is 0 Å². The van der Waals surface area contributed by atoms with E-state index in [9.17, 15) is 4.79 Å². The first-order valence-corrected chi connectivity index (χ1v) is 10.8. The Morgan fingerprint density at radius 1 is 0.812 bits per heavy atom. The zero-order valence-electron chi connectivity index (χ0n) is 18.2. The molecule has 1 atom stereocenters. The quantitative estimate of drug-likeness (QED) is 0.469. The van der Waals surface area contributed by atoms with Crippen molar-refractivity contribution in [3.05, 3.63) is 90.0 Å². The summed E-state index contributed by atoms with van der Waals surface area (Å²) in [6.07, 6.45) is 0.523. The van der Waals surface area contributed by atoms with E-state index in [4.69, 9.17) is 14.2 Å². The molecule has 0 bridgehead atoms. The molecule has 6 nitrogen and oxygen atoms in total. The summed E-state index contributed by atoms with van der Waals surface area (Å²) >= 11 is 0. The molecule has 3 aromatic rings. The minimum Gasteiger partial charge on any atom is -0.490 e. The van der Waals surface area contributed by atoms with Crippen LogP contribution in [-0.2, 0) is 4.74 Å². The number of rotatable bonds is 10. The highest BCUT2D eigenvalue weighted by atomic mass is 16.5. The van der Waals surface area contributed by atoms with Gasteiger partial charge in [-0.05, 0) is 48.4 Å². The third-order valence-electron chi connectivity index (χ3n) is 5.33. The molecule has 0 saturated heterocycles. The van der Waals surface area contributed by atoms with Crippen LogP contribution in [0.15, 0.2) is 78.9 Å². The zero-order chi connectivity index (χ0) is 22.2. The minimum atomic E-state index is -0.246. The van der Waals surface area contributed by atoms with Gasteiger partial charge in [0.2, 0.25) is 0 Å². The molecule has 0 fully saturated rings. The van der Waals surface area contributed by atoms with Gasteiger partial charge in [-0.2, -0.15) is 0 Å². The molecule has 1 unspecified atom stereocenters. The molecule has 32 heavy (non-hydrogen) atoms. The highest BCUT2D eigenvalue weighted by molar-refractivity contribution is 6.01. The predicted molar refractivity (Wildman–Crippen MR) is 124 cm³/mol. The van der Waals surface area contributed by atoms with Crippen molar-refractivity contribution >= 4 is 11.6 Å². The Bertz CT molecular complexity index is 1010. The van der Waals surface area contributed by atoms with Gasteiger partial charge in [-0.3, -0.25) is 4.79 Å². The monoisotopic (exact) mass is 432 g/mol. The Kier molecular flexibility index (Phi) is 7.25. The van der Waals surface area contributed by atoms with Gasteiger partial charge in [0.05, 0.1) is 5.56 Å². The lowest BCUT2D eigenvalue weighted by Crippen LogP contribution is -2.43. The van der Waals surface area contributed by atoms with E-state index < -0.39 is 0 Å². The van der Waals surface area contributed by atoms with Crippen molar-refractivity contribution in [3.8, 4) is 11.5 Å². The molecule has 1 heterocycles. The van der Waals surface area contributed by atoms with Crippen LogP contribution in [0.2, 0.25) is 0 Å². The van der Waals surface area contributed by atoms with Crippen LogP contribution >= 0.6 is 0 Å². The number of methoxy groups -OCH3 is 1. The smallest absolute Gasteiger partial charge is 0.257 e. The molecule has 4 rings (SSSR count). The molecule has 1 aliphatic rings. The molecule has 6 heteroatoms. The van der Waals surface area contributed by atoms with E-state index in [0.717, 1.165) is 29.2 Å². The van der Waals surface area contributed by atoms with E-state index in [-0.39, 0.29) is 12.1 Å². The van der Waals surface area contributed by atoms with Gasteiger partial charge in [-0.15, -0.1) is 0 Å². The highest BCUT2D eigenvalue weighted by Crippen LogP contribution is 2.33. The van der Waals surface area contributed by atoms with E-state index in [1.165, 1.54) is 0 Å². The minimum absolute atomic E-state index is 0.0267. The lowest BCUT2D eigenvalue weighted by Gasteiger charge is -2.38. The van der Waals surface area contributed by atoms with Gasteiger partial charge < -0.3 is 24.4 Å². The summed E-state index contributed by atoms with van der Waals surface area (Å²) in [6, 6.07) is 25.2. The number of amides is 1. The van der Waals surface area contributed by atoms with Gasteiger partial charge in [0, 0.05) is 25.9 Å². The summed E-state index contributed by atoms with van der Waals surface area (Å²) in [5.41, 5.74) is 2.54. The fourth-order valence-corrected chi connectivity index (χ4v) is 3.75. The molecule has 1 amide bonds. The highest BCUT2D eigenvalue weighted by Gasteiger charge is 2.32. The summed E-state index contributed by atoms with van der Waals surface area (Å²) < 4.78 is 16.7. The number of ether oxygens (including phenoxy) is 3. The molecule has 0 spiro atoms. The molecule has 0 aliphatic carbocycles. The van der Waals surface area contributed by atoms with E-state index >= 15 is 0 Å². The Labute approximate surface area is 188 Å². The summed E-state index contributed by atoms with van der Waals surface area (Å²) in [5, 5.41) is 3.51. The predicted octanol–water partition coefficient (Wildman–Crippen LogP) is 4.75. The van der Waals surface area contributed by atoms with Gasteiger partial charge in [0.25, 0.3) is 5.91 Å². The topological polar surface area (TPSA) is 60.0 Å². The molecule has 0 radical (unpaired) electrons. The maximum atomic E-state index is 13.2. The average molecular weight is 433 g/mol. The first kappa shape index (κ1) is 21.7. The van der Waals surface area contributed by atoms with Crippen molar-refractivity contribution in [2.24, 2.45) is 0 Å². The maximum Gasteiger partial charge on any atom is 0.257 e. The van der Waals surface area contributed by atoms with Crippen molar-refractivity contribution in [1.82, 2.24) is 4.90 Å². The second kappa shape index (κ2) is 10.7. The van der Waals surface area contributed by atoms with Crippen LogP contribution in [0.4, 0.5) is 5.69 Å². The molecular formula is C26H28N2O4. The number of anilines is 1. The van der Waals surface area contributed by atoms with Crippen molar-refractivity contribution in [1.29, 1.82) is 0 Å². The van der Waals surface area contributed by atoms with Crippen LogP contribution in [-0.4, -0.2) is 44.3 Å². The standard InChI is InChI=1S/C26H28N2O4/c1-30-17-7-16-28-25(27-24-11-6-5-10-23(24)26(28)29)20-12-14-22(15-13-20)32-19-18-31-21-8-3-2-4-9-21/h2-6,8-15,25,27H,7,16-19H2,1H3. The number of para-hydroxylation sites is 2. The molecule has 3 aromatic carbocycles. The van der Waals surface area contributed by atoms with Gasteiger partial charge in [0.1, 0.15) is 30.9 Å². The number of carbonyl (C=O) groups excluding carboxylic acids is 1. The first-order valence-electron chi connectivity index (χ1n) is 10.8. The Balaban J connectivity index is 1.41. The molecule has 0 saturated carbocycles. The number of carbonyl (C=O) groups is 1. The second-order valence-electron chi connectivity index (χ2n) is 7.52. The molecule has 0 aromatic heterocycles. The Morgan fingerprint density at radius 3 is 2.19 bits per heavy atom. The van der Waals surface area contributed by atoms with Crippen LogP contribution in [0.5, 0.6) is 11.5 Å². The van der Waals surface area contributed by atoms with Crippen LogP contribution in [0, 0.1) is 0 Å². The normalized spacial score (nSPS) is 15.1. The van der Waals surface area contributed by atoms with Crippen molar-refractivity contribution in [2.75, 3.05) is 38.8 Å². The summed E-state index contributed by atoms with van der Waals surface area (Å²) in [5.74, 6) is 1.62. The third-order valence-corrected chi connectivity index (χ3v) is 5.33. The number of benzene rings is 3. The summed E-state index contributed by atoms with van der Waals surface area (Å²) in [6.45, 7) is 2.13. The van der Waals surface area contributed by atoms with E-state index in [0.29, 0.717) is 31.9 Å². The third kappa shape index (κ3) is 5.21. The fourth-order valence-electron chi connectivity index (χ4n) is 3.75. The van der Waals surface area contributed by atoms with Gasteiger partial charge in [-0.1, -0.05) is 42.5 Å². The van der Waals surface area contributed by atoms with E-state index in [2.05, 4.69) is 5.32 Å². The summed E-state index contributed by atoms with van der Waals surface area (Å²) in [4.78, 5) is 15.0. The molecule has 1 aliphatic heterocycles. The Hall–Kier alpha value is -3.51. The van der Waals surface area contributed by atoms with Gasteiger partial charge in [-0.25, -0.2) is 0 Å². The number of nitrogens with one attached hydrogen (secondary N) is 1. The Morgan fingerprint density at radius 2 is 1.47 bits per heavy atom. The van der Waals surface area contributed by atoms with Crippen LogP contribution < -0.4 is 14.8 Å². The van der Waals surface area contributed by atoms with Crippen LogP contribution in [0.1, 0.15) is 28.5 Å². The van der Waals surface area contributed by atoms with Crippen molar-refractivity contribution < 1.29 is 19.0 Å². The molecule has 1 N–H and O–H groups in total. The summed E-state index contributed by atoms with van der Waals surface area (Å²) in [7, 11) is 1.67. The fraction of sp³-hybridized carbons (Fsp3) is 0.269. The van der Waals surface area contributed by atoms with Crippen molar-refractivity contribution in [2.45, 2.75) is 12.6 Å². The first-order chi connectivity index (χ1) is 15.8. The lowest BCUT2D eigenvalue weighted by molar-refractivity contribution is 0.0660. The largest absolute Gasteiger partial charge is 0.490 e. The second-order valence-corrected chi connectivity index (χ2v) is 7.52. The SMILES string of the molecule is COCCCN1C(=O)c2ccccc2NC1c1ccc(OCCOc2ccccc2)cc1.